The van der Waals surface area contributed by atoms with Gasteiger partial charge in [-0.2, -0.15) is 0 Å². The summed E-state index contributed by atoms with van der Waals surface area (Å²) in [7, 11) is 0. The van der Waals surface area contributed by atoms with Gasteiger partial charge < -0.3 is 9.73 Å². The maximum Gasteiger partial charge on any atom is 0.276 e. The number of aromatic nitrogens is 5. The molecular weight excluding hydrogens is 444 g/mol. The molecule has 0 spiro atoms. The van der Waals surface area contributed by atoms with E-state index in [2.05, 4.69) is 41.8 Å². The molecule has 0 radical (unpaired) electrons. The number of rotatable bonds is 7. The normalized spacial score (nSPS) is 11.0. The summed E-state index contributed by atoms with van der Waals surface area (Å²) in [6.45, 7) is 0.345. The second-order valence-electron chi connectivity index (χ2n) is 5.85. The van der Waals surface area contributed by atoms with E-state index in [-0.39, 0.29) is 5.91 Å². The fraction of sp³-hybridized carbons (Fsp3) is 0.167. The number of carbonyl (C=O) groups excluding carboxylic acids is 1. The Balaban J connectivity index is 1.28. The van der Waals surface area contributed by atoms with Gasteiger partial charge in [0, 0.05) is 22.3 Å². The molecule has 2 aromatic heterocycles. The van der Waals surface area contributed by atoms with Crippen molar-refractivity contribution in [2.75, 3.05) is 11.1 Å². The highest BCUT2D eigenvalue weighted by atomic mass is 79.9. The molecule has 2 aromatic carbocycles. The zero-order valence-corrected chi connectivity index (χ0v) is 17.0. The lowest BCUT2D eigenvalue weighted by molar-refractivity contribution is -0.115. The number of amides is 1. The van der Waals surface area contributed by atoms with Gasteiger partial charge in [0.25, 0.3) is 5.22 Å². The van der Waals surface area contributed by atoms with Gasteiger partial charge in [0.1, 0.15) is 12.1 Å². The molecule has 1 amide bonds. The fourth-order valence-corrected chi connectivity index (χ4v) is 3.49. The van der Waals surface area contributed by atoms with Gasteiger partial charge in [0.15, 0.2) is 0 Å². The Morgan fingerprint density at radius 1 is 1.11 bits per heavy atom. The van der Waals surface area contributed by atoms with Gasteiger partial charge >= 0.3 is 0 Å². The zero-order valence-electron chi connectivity index (χ0n) is 14.6. The average molecular weight is 459 g/mol. The molecule has 4 rings (SSSR count). The summed E-state index contributed by atoms with van der Waals surface area (Å²) in [6, 6.07) is 15.1. The van der Waals surface area contributed by atoms with Crippen LogP contribution in [-0.2, 0) is 11.3 Å². The van der Waals surface area contributed by atoms with Gasteiger partial charge in [0.2, 0.25) is 11.8 Å². The second kappa shape index (κ2) is 8.53. The quantitative estimate of drug-likeness (QED) is 0.421. The lowest BCUT2D eigenvalue weighted by Crippen LogP contribution is -2.11. The van der Waals surface area contributed by atoms with Crippen LogP contribution in [0.25, 0.3) is 11.0 Å². The summed E-state index contributed by atoms with van der Waals surface area (Å²) in [5, 5.41) is 19.5. The van der Waals surface area contributed by atoms with Crippen molar-refractivity contribution in [3.05, 3.63) is 58.9 Å². The number of thioether (sulfide) groups is 1. The van der Waals surface area contributed by atoms with Crippen LogP contribution in [0.4, 0.5) is 5.69 Å². The smallest absolute Gasteiger partial charge is 0.276 e. The molecule has 0 unspecified atom stereocenters. The number of fused-ring (bicyclic) bond motifs is 1. The van der Waals surface area contributed by atoms with Crippen LogP contribution in [0.15, 0.2) is 62.6 Å². The summed E-state index contributed by atoms with van der Waals surface area (Å²) in [4.78, 5) is 12.0. The number of nitrogens with zero attached hydrogens (tertiary/aromatic N) is 5. The number of nitrogens with one attached hydrogen (secondary N) is 1. The Bertz CT molecular complexity index is 1090. The van der Waals surface area contributed by atoms with Crippen LogP contribution in [0, 0.1) is 0 Å². The van der Waals surface area contributed by atoms with E-state index in [1.54, 1.807) is 4.68 Å². The number of hydrogen-bond donors (Lipinski definition) is 1. The third-order valence-corrected chi connectivity index (χ3v) is 5.19. The maximum atomic E-state index is 12.0. The van der Waals surface area contributed by atoms with Gasteiger partial charge in [-0.25, -0.2) is 4.68 Å². The van der Waals surface area contributed by atoms with E-state index in [9.17, 15) is 4.79 Å². The first kappa shape index (κ1) is 18.6. The number of benzene rings is 2. The molecule has 0 aliphatic carbocycles. The number of hydrogen-bond acceptors (Lipinski definition) is 7. The lowest BCUT2D eigenvalue weighted by Gasteiger charge is -2.04. The van der Waals surface area contributed by atoms with Crippen molar-refractivity contribution in [2.45, 2.75) is 18.2 Å². The minimum Gasteiger partial charge on any atom is -0.414 e. The highest BCUT2D eigenvalue weighted by molar-refractivity contribution is 9.10. The number of halogens is 1. The molecule has 28 heavy (non-hydrogen) atoms. The summed E-state index contributed by atoms with van der Waals surface area (Å²) in [5.74, 6) is 0.914. The van der Waals surface area contributed by atoms with E-state index >= 15 is 0 Å². The van der Waals surface area contributed by atoms with Gasteiger partial charge in [-0.05, 0) is 36.4 Å². The number of carbonyl (C=O) groups is 1. The number of para-hydroxylation sites is 1. The lowest BCUT2D eigenvalue weighted by atomic mass is 10.3. The highest BCUT2D eigenvalue weighted by Gasteiger charge is 2.11. The first-order valence-electron chi connectivity index (χ1n) is 8.46. The van der Waals surface area contributed by atoms with E-state index < -0.39 is 0 Å². The minimum atomic E-state index is -0.0661. The molecule has 142 valence electrons. The summed E-state index contributed by atoms with van der Waals surface area (Å²) < 4.78 is 8.31. The molecule has 0 aliphatic rings. The standard InChI is InChI=1S/C18H15BrN6O2S/c19-12-5-7-13(8-6-12)20-16(26)9-10-28-18-23-22-17(27-18)11-25-15-4-2-1-3-14(15)21-24-25/h1-8H,9-11H2,(H,20,26). The maximum absolute atomic E-state index is 12.0. The molecule has 0 fully saturated rings. The highest BCUT2D eigenvalue weighted by Crippen LogP contribution is 2.19. The molecule has 0 bridgehead atoms. The predicted octanol–water partition coefficient (Wildman–Crippen LogP) is 3.75. The summed E-state index contributed by atoms with van der Waals surface area (Å²) in [5.41, 5.74) is 2.48. The van der Waals surface area contributed by atoms with Crippen LogP contribution < -0.4 is 5.32 Å². The van der Waals surface area contributed by atoms with Gasteiger partial charge in [-0.15, -0.1) is 15.3 Å². The first-order valence-corrected chi connectivity index (χ1v) is 10.2. The zero-order chi connectivity index (χ0) is 19.3. The molecule has 0 saturated heterocycles. The second-order valence-corrected chi connectivity index (χ2v) is 7.81. The third kappa shape index (κ3) is 4.57. The van der Waals surface area contributed by atoms with Crippen LogP contribution in [0.5, 0.6) is 0 Å². The Morgan fingerprint density at radius 3 is 2.79 bits per heavy atom. The van der Waals surface area contributed by atoms with E-state index in [1.165, 1.54) is 11.8 Å². The van der Waals surface area contributed by atoms with Gasteiger partial charge in [-0.1, -0.05) is 45.0 Å². The molecule has 8 nitrogen and oxygen atoms in total. The molecule has 1 N–H and O–H groups in total. The molecular formula is C18H15BrN6O2S. The van der Waals surface area contributed by atoms with Crippen molar-refractivity contribution in [2.24, 2.45) is 0 Å². The minimum absolute atomic E-state index is 0.0661. The van der Waals surface area contributed by atoms with Crippen molar-refractivity contribution in [3.63, 3.8) is 0 Å². The average Bonchev–Trinajstić information content (AvgIpc) is 3.31. The number of anilines is 1. The van der Waals surface area contributed by atoms with Gasteiger partial charge in [-0.3, -0.25) is 4.79 Å². The van der Waals surface area contributed by atoms with Crippen molar-refractivity contribution >= 4 is 50.3 Å². The monoisotopic (exact) mass is 458 g/mol. The van der Waals surface area contributed by atoms with Crippen molar-refractivity contribution in [1.29, 1.82) is 0 Å². The Kier molecular flexibility index (Phi) is 5.68. The SMILES string of the molecule is O=C(CCSc1nnc(Cn2nnc3ccccc32)o1)Nc1ccc(Br)cc1. The molecule has 10 heteroatoms. The molecule has 0 atom stereocenters. The van der Waals surface area contributed by atoms with Crippen LogP contribution in [0.1, 0.15) is 12.3 Å². The predicted molar refractivity (Wildman–Crippen MR) is 109 cm³/mol. The van der Waals surface area contributed by atoms with Crippen LogP contribution in [0.3, 0.4) is 0 Å². The van der Waals surface area contributed by atoms with Crippen LogP contribution in [-0.4, -0.2) is 36.9 Å². The van der Waals surface area contributed by atoms with E-state index in [1.807, 2.05) is 48.5 Å². The molecule has 0 aliphatic heterocycles. The van der Waals surface area contributed by atoms with E-state index in [0.717, 1.165) is 21.2 Å². The van der Waals surface area contributed by atoms with E-state index in [0.29, 0.717) is 29.8 Å². The molecule has 4 aromatic rings. The first-order chi connectivity index (χ1) is 13.7. The Hall–Kier alpha value is -2.72. The topological polar surface area (TPSA) is 98.7 Å². The summed E-state index contributed by atoms with van der Waals surface area (Å²) >= 11 is 4.71. The van der Waals surface area contributed by atoms with Crippen LogP contribution in [0.2, 0.25) is 0 Å². The van der Waals surface area contributed by atoms with Crippen LogP contribution >= 0.6 is 27.7 Å². The third-order valence-electron chi connectivity index (χ3n) is 3.84. The Morgan fingerprint density at radius 2 is 1.93 bits per heavy atom. The Labute approximate surface area is 172 Å². The molecule has 2 heterocycles. The van der Waals surface area contributed by atoms with Crippen molar-refractivity contribution in [3.8, 4) is 0 Å². The van der Waals surface area contributed by atoms with Crippen molar-refractivity contribution < 1.29 is 9.21 Å². The summed E-state index contributed by atoms with van der Waals surface area (Å²) in [6.07, 6.45) is 0.339. The fourth-order valence-electron chi connectivity index (χ4n) is 2.51. The van der Waals surface area contributed by atoms with Gasteiger partial charge in [0.05, 0.1) is 5.52 Å². The largest absolute Gasteiger partial charge is 0.414 e. The molecule has 0 saturated carbocycles. The van der Waals surface area contributed by atoms with E-state index in [4.69, 9.17) is 4.42 Å². The van der Waals surface area contributed by atoms with Crippen molar-refractivity contribution in [1.82, 2.24) is 25.2 Å².